The van der Waals surface area contributed by atoms with Crippen LogP contribution in [0.1, 0.15) is 5.56 Å². The molecule has 0 saturated heterocycles. The molecule has 0 aliphatic carbocycles. The standard InChI is InChI=1S/C16H20NO3P/c1-19-13-6-4-12(5-7-13)11-20-14-8-9-15(17)16(10-14)21(2,3)18/h4-10H,11,17H2,1-3H3. The fraction of sp³-hybridized carbons (Fsp3) is 0.250. The molecule has 0 amide bonds. The van der Waals surface area contributed by atoms with Gasteiger partial charge in [0.25, 0.3) is 0 Å². The van der Waals surface area contributed by atoms with E-state index in [1.54, 1.807) is 38.6 Å². The topological polar surface area (TPSA) is 61.6 Å². The van der Waals surface area contributed by atoms with Crippen LogP contribution in [0.4, 0.5) is 5.69 Å². The van der Waals surface area contributed by atoms with Gasteiger partial charge in [0.1, 0.15) is 25.2 Å². The molecule has 0 aromatic heterocycles. The largest absolute Gasteiger partial charge is 0.497 e. The molecule has 0 saturated carbocycles. The molecule has 2 rings (SSSR count). The summed E-state index contributed by atoms with van der Waals surface area (Å²) in [7, 11) is -0.776. The third kappa shape index (κ3) is 4.02. The van der Waals surface area contributed by atoms with Crippen LogP contribution in [-0.4, -0.2) is 20.4 Å². The molecule has 2 aromatic carbocycles. The number of hydrogen-bond donors (Lipinski definition) is 1. The van der Waals surface area contributed by atoms with Crippen molar-refractivity contribution in [2.75, 3.05) is 26.2 Å². The van der Waals surface area contributed by atoms with Crippen molar-refractivity contribution >= 4 is 18.1 Å². The summed E-state index contributed by atoms with van der Waals surface area (Å²) in [4.78, 5) is 0. The molecule has 0 spiro atoms. The Hall–Kier alpha value is -1.93. The van der Waals surface area contributed by atoms with Gasteiger partial charge >= 0.3 is 0 Å². The number of ether oxygens (including phenoxy) is 2. The van der Waals surface area contributed by atoms with Crippen molar-refractivity contribution in [1.82, 2.24) is 0 Å². The Labute approximate surface area is 125 Å². The highest BCUT2D eigenvalue weighted by atomic mass is 31.2. The van der Waals surface area contributed by atoms with E-state index in [0.717, 1.165) is 11.3 Å². The van der Waals surface area contributed by atoms with E-state index in [1.165, 1.54) is 0 Å². The predicted molar refractivity (Wildman–Crippen MR) is 87.3 cm³/mol. The minimum atomic E-state index is -2.41. The fourth-order valence-electron chi connectivity index (χ4n) is 1.97. The average molecular weight is 305 g/mol. The molecule has 2 aromatic rings. The van der Waals surface area contributed by atoms with E-state index in [2.05, 4.69) is 0 Å². The molecular formula is C16H20NO3P. The van der Waals surface area contributed by atoms with Gasteiger partial charge in [-0.25, -0.2) is 0 Å². The van der Waals surface area contributed by atoms with Crippen molar-refractivity contribution in [3.05, 3.63) is 48.0 Å². The normalized spacial score (nSPS) is 11.2. The zero-order chi connectivity index (χ0) is 15.5. The van der Waals surface area contributed by atoms with E-state index >= 15 is 0 Å². The number of anilines is 1. The predicted octanol–water partition coefficient (Wildman–Crippen LogP) is 3.10. The molecule has 0 aliphatic rings. The Morgan fingerprint density at radius 3 is 2.24 bits per heavy atom. The first kappa shape index (κ1) is 15.5. The maximum Gasteiger partial charge on any atom is 0.120 e. The molecule has 0 fully saturated rings. The van der Waals surface area contributed by atoms with Crippen molar-refractivity contribution in [3.8, 4) is 11.5 Å². The van der Waals surface area contributed by atoms with Crippen LogP contribution in [0.15, 0.2) is 42.5 Å². The lowest BCUT2D eigenvalue weighted by Gasteiger charge is -2.13. The van der Waals surface area contributed by atoms with E-state index < -0.39 is 7.14 Å². The molecule has 0 unspecified atom stereocenters. The van der Waals surface area contributed by atoms with Gasteiger partial charge in [-0.1, -0.05) is 12.1 Å². The van der Waals surface area contributed by atoms with E-state index in [9.17, 15) is 4.57 Å². The van der Waals surface area contributed by atoms with Gasteiger partial charge in [0.15, 0.2) is 0 Å². The highest BCUT2D eigenvalue weighted by molar-refractivity contribution is 7.70. The van der Waals surface area contributed by atoms with Crippen LogP contribution in [0.25, 0.3) is 0 Å². The Kier molecular flexibility index (Phi) is 4.59. The Morgan fingerprint density at radius 1 is 1.05 bits per heavy atom. The summed E-state index contributed by atoms with van der Waals surface area (Å²) < 4.78 is 23.0. The quantitative estimate of drug-likeness (QED) is 0.681. The third-order valence-corrected chi connectivity index (χ3v) is 4.69. The molecule has 2 N–H and O–H groups in total. The Bertz CT molecular complexity index is 662. The molecule has 112 valence electrons. The molecule has 0 radical (unpaired) electrons. The van der Waals surface area contributed by atoms with Gasteiger partial charge in [-0.3, -0.25) is 0 Å². The number of methoxy groups -OCH3 is 1. The number of nitrogens with two attached hydrogens (primary N) is 1. The number of nitrogen functional groups attached to an aromatic ring is 1. The molecule has 0 bridgehead atoms. The summed E-state index contributed by atoms with van der Waals surface area (Å²) in [6.07, 6.45) is 0. The summed E-state index contributed by atoms with van der Waals surface area (Å²) in [5.41, 5.74) is 7.45. The summed E-state index contributed by atoms with van der Waals surface area (Å²) in [5.74, 6) is 1.48. The van der Waals surface area contributed by atoms with Crippen LogP contribution in [0.2, 0.25) is 0 Å². The van der Waals surface area contributed by atoms with Crippen LogP contribution in [0.3, 0.4) is 0 Å². The first-order valence-corrected chi connectivity index (χ1v) is 9.21. The minimum absolute atomic E-state index is 0.436. The first-order chi connectivity index (χ1) is 9.90. The molecule has 0 atom stereocenters. The van der Waals surface area contributed by atoms with Crippen LogP contribution in [0, 0.1) is 0 Å². The first-order valence-electron chi connectivity index (χ1n) is 6.61. The van der Waals surface area contributed by atoms with Crippen molar-refractivity contribution in [2.45, 2.75) is 6.61 Å². The van der Waals surface area contributed by atoms with Crippen molar-refractivity contribution in [3.63, 3.8) is 0 Å². The summed E-state index contributed by atoms with van der Waals surface area (Å²) in [6.45, 7) is 3.84. The zero-order valence-corrected chi connectivity index (χ0v) is 13.4. The minimum Gasteiger partial charge on any atom is -0.497 e. The zero-order valence-electron chi connectivity index (χ0n) is 12.5. The van der Waals surface area contributed by atoms with Crippen molar-refractivity contribution in [2.24, 2.45) is 0 Å². The lowest BCUT2D eigenvalue weighted by molar-refractivity contribution is 0.306. The second kappa shape index (κ2) is 6.23. The summed E-state index contributed by atoms with van der Waals surface area (Å²) in [6, 6.07) is 13.0. The fourth-order valence-corrected chi connectivity index (χ4v) is 3.10. The summed E-state index contributed by atoms with van der Waals surface area (Å²) in [5, 5.41) is 0.662. The molecule has 5 heteroatoms. The molecule has 0 aliphatic heterocycles. The van der Waals surface area contributed by atoms with E-state index in [-0.39, 0.29) is 0 Å². The second-order valence-corrected chi connectivity index (χ2v) is 8.39. The maximum atomic E-state index is 12.2. The molecule has 21 heavy (non-hydrogen) atoms. The second-order valence-electron chi connectivity index (χ2n) is 5.21. The number of hydrogen-bond acceptors (Lipinski definition) is 4. The van der Waals surface area contributed by atoms with Gasteiger partial charge in [-0.05, 0) is 49.2 Å². The third-order valence-electron chi connectivity index (χ3n) is 3.15. The van der Waals surface area contributed by atoms with E-state index in [4.69, 9.17) is 15.2 Å². The van der Waals surface area contributed by atoms with Gasteiger partial charge in [-0.15, -0.1) is 0 Å². The number of rotatable bonds is 5. The van der Waals surface area contributed by atoms with Gasteiger partial charge < -0.3 is 19.8 Å². The van der Waals surface area contributed by atoms with E-state index in [0.29, 0.717) is 23.3 Å². The van der Waals surface area contributed by atoms with Gasteiger partial charge in [0.2, 0.25) is 0 Å². The van der Waals surface area contributed by atoms with Crippen LogP contribution in [-0.2, 0) is 11.2 Å². The number of benzene rings is 2. The highest BCUT2D eigenvalue weighted by Gasteiger charge is 2.15. The van der Waals surface area contributed by atoms with Crippen LogP contribution in [0.5, 0.6) is 11.5 Å². The SMILES string of the molecule is COc1ccc(COc2ccc(N)c(P(C)(C)=O)c2)cc1. The molecule has 4 nitrogen and oxygen atoms in total. The molecular weight excluding hydrogens is 285 g/mol. The van der Waals surface area contributed by atoms with E-state index in [1.807, 2.05) is 24.3 Å². The highest BCUT2D eigenvalue weighted by Crippen LogP contribution is 2.38. The average Bonchev–Trinajstić information content (AvgIpc) is 2.45. The van der Waals surface area contributed by atoms with Crippen LogP contribution >= 0.6 is 7.14 Å². The van der Waals surface area contributed by atoms with Crippen LogP contribution < -0.4 is 20.5 Å². The molecule has 0 heterocycles. The lowest BCUT2D eigenvalue weighted by atomic mass is 10.2. The van der Waals surface area contributed by atoms with Crippen molar-refractivity contribution in [1.29, 1.82) is 0 Å². The van der Waals surface area contributed by atoms with Gasteiger partial charge in [-0.2, -0.15) is 0 Å². The van der Waals surface area contributed by atoms with Gasteiger partial charge in [0.05, 0.1) is 7.11 Å². The summed E-state index contributed by atoms with van der Waals surface area (Å²) >= 11 is 0. The monoisotopic (exact) mass is 305 g/mol. The van der Waals surface area contributed by atoms with Gasteiger partial charge in [0, 0.05) is 11.0 Å². The lowest BCUT2D eigenvalue weighted by Crippen LogP contribution is -2.10. The Balaban J connectivity index is 2.11. The maximum absolute atomic E-state index is 12.2. The van der Waals surface area contributed by atoms with Crippen molar-refractivity contribution < 1.29 is 14.0 Å². The smallest absolute Gasteiger partial charge is 0.120 e. The Morgan fingerprint density at radius 2 is 1.67 bits per heavy atom.